The molecular weight excluding hydrogens is 484 g/mol. The first-order valence-electron chi connectivity index (χ1n) is 12.3. The molecule has 11 heteroatoms. The molecule has 0 aliphatic carbocycles. The number of aromatic nitrogens is 6. The van der Waals surface area contributed by atoms with Crippen molar-refractivity contribution in [2.45, 2.75) is 45.4 Å². The minimum Gasteiger partial charge on any atom is -0.476 e. The lowest BCUT2D eigenvalue weighted by Crippen LogP contribution is -2.30. The van der Waals surface area contributed by atoms with Gasteiger partial charge in [-0.05, 0) is 55.1 Å². The number of aryl methyl sites for hydroxylation is 2. The van der Waals surface area contributed by atoms with Crippen LogP contribution in [0, 0.1) is 11.8 Å². The van der Waals surface area contributed by atoms with Crippen LogP contribution in [0.15, 0.2) is 41.2 Å². The van der Waals surface area contributed by atoms with E-state index in [1.807, 2.05) is 30.7 Å². The van der Waals surface area contributed by atoms with E-state index >= 15 is 0 Å². The average Bonchev–Trinajstić information content (AvgIpc) is 3.56. The number of hydrogen-bond donors (Lipinski definition) is 3. The van der Waals surface area contributed by atoms with Gasteiger partial charge in [0.25, 0.3) is 0 Å². The van der Waals surface area contributed by atoms with Gasteiger partial charge in [0.2, 0.25) is 5.88 Å². The summed E-state index contributed by atoms with van der Waals surface area (Å²) >= 11 is 0. The third kappa shape index (κ3) is 4.91. The van der Waals surface area contributed by atoms with Gasteiger partial charge in [0.15, 0.2) is 17.3 Å². The van der Waals surface area contributed by atoms with Crippen LogP contribution in [0.1, 0.15) is 32.0 Å². The van der Waals surface area contributed by atoms with Crippen LogP contribution in [0.2, 0.25) is 0 Å². The summed E-state index contributed by atoms with van der Waals surface area (Å²) in [5, 5.41) is 18.9. The summed E-state index contributed by atoms with van der Waals surface area (Å²) in [6, 6.07) is 9.76. The molecule has 0 unspecified atom stereocenters. The quantitative estimate of drug-likeness (QED) is 0.278. The van der Waals surface area contributed by atoms with E-state index in [1.54, 1.807) is 19.9 Å². The fraction of sp³-hybridized carbons (Fsp3) is 0.333. The van der Waals surface area contributed by atoms with E-state index in [1.165, 1.54) is 5.39 Å². The number of hydrogen-bond acceptors (Lipinski definition) is 9. The second kappa shape index (κ2) is 9.81. The highest BCUT2D eigenvalue weighted by molar-refractivity contribution is 5.86. The average molecular weight is 515 g/mol. The first-order chi connectivity index (χ1) is 18.1. The molecule has 5 aromatic rings. The van der Waals surface area contributed by atoms with E-state index in [0.29, 0.717) is 41.6 Å². The van der Waals surface area contributed by atoms with Crippen molar-refractivity contribution < 1.29 is 14.5 Å². The van der Waals surface area contributed by atoms with Crippen LogP contribution in [0.25, 0.3) is 33.5 Å². The molecule has 0 spiro atoms. The topological polar surface area (TPSA) is 156 Å². The number of para-hydroxylation sites is 1. The summed E-state index contributed by atoms with van der Waals surface area (Å²) in [5.41, 5.74) is 15.4. The molecule has 0 saturated heterocycles. The van der Waals surface area contributed by atoms with Crippen LogP contribution in [0.4, 0.5) is 5.82 Å². The van der Waals surface area contributed by atoms with Crippen LogP contribution < -0.4 is 16.2 Å². The molecule has 4 heterocycles. The van der Waals surface area contributed by atoms with E-state index in [2.05, 4.69) is 50.0 Å². The molecule has 1 atom stereocenters. The molecule has 5 rings (SSSR count). The molecule has 5 N–H and O–H groups in total. The summed E-state index contributed by atoms with van der Waals surface area (Å²) in [4.78, 5) is 9.30. The molecule has 0 aliphatic heterocycles. The van der Waals surface area contributed by atoms with E-state index in [-0.39, 0.29) is 18.5 Å². The largest absolute Gasteiger partial charge is 0.476 e. The maximum atomic E-state index is 10.2. The molecule has 0 radical (unpaired) electrons. The van der Waals surface area contributed by atoms with Gasteiger partial charge < -0.3 is 30.4 Å². The molecule has 196 valence electrons. The van der Waals surface area contributed by atoms with Crippen molar-refractivity contribution in [1.82, 2.24) is 29.4 Å². The Morgan fingerprint density at radius 1 is 1.18 bits per heavy atom. The number of nitrogens with zero attached hydrogens (tertiary/aromatic N) is 6. The highest BCUT2D eigenvalue weighted by Crippen LogP contribution is 2.30. The predicted octanol–water partition coefficient (Wildman–Crippen LogP) is 2.65. The lowest BCUT2D eigenvalue weighted by atomic mass is 10.1. The van der Waals surface area contributed by atoms with Gasteiger partial charge in [-0.2, -0.15) is 0 Å². The van der Waals surface area contributed by atoms with Gasteiger partial charge in [0.05, 0.1) is 5.52 Å². The van der Waals surface area contributed by atoms with Gasteiger partial charge in [-0.25, -0.2) is 14.6 Å². The third-order valence-electron chi connectivity index (χ3n) is 6.15. The standard InChI is InChI=1S/C27H30N8O3/c1-5-35-21-13-22(37-15-17(28)12-16-14-34(4)20-9-7-6-8-18(16)20)30-19(10-11-27(2,3)36)23(21)31-26(35)24-25(29)33-38-32-24/h6-9,13-14,17,36H,5,12,15,28H2,1-4H3,(H2,29,33)/t17-/m0/s1. The van der Waals surface area contributed by atoms with Gasteiger partial charge in [0.1, 0.15) is 23.4 Å². The fourth-order valence-electron chi connectivity index (χ4n) is 4.45. The highest BCUT2D eigenvalue weighted by Gasteiger charge is 2.22. The Morgan fingerprint density at radius 2 is 1.97 bits per heavy atom. The molecule has 4 aromatic heterocycles. The first kappa shape index (κ1) is 25.3. The molecule has 0 saturated carbocycles. The van der Waals surface area contributed by atoms with Gasteiger partial charge >= 0.3 is 0 Å². The van der Waals surface area contributed by atoms with Crippen LogP contribution in [-0.4, -0.2) is 52.8 Å². The van der Waals surface area contributed by atoms with Crippen molar-refractivity contribution in [3.63, 3.8) is 0 Å². The Bertz CT molecular complexity index is 1680. The molecule has 0 amide bonds. The number of imidazole rings is 1. The van der Waals surface area contributed by atoms with Gasteiger partial charge in [-0.1, -0.05) is 24.1 Å². The molecule has 1 aromatic carbocycles. The minimum atomic E-state index is -1.22. The fourth-order valence-corrected chi connectivity index (χ4v) is 4.45. The number of pyridine rings is 1. The van der Waals surface area contributed by atoms with Crippen molar-refractivity contribution in [3.05, 3.63) is 47.8 Å². The lowest BCUT2D eigenvalue weighted by molar-refractivity contribution is 0.143. The lowest BCUT2D eigenvalue weighted by Gasteiger charge is -2.13. The molecule has 0 bridgehead atoms. The van der Waals surface area contributed by atoms with Crippen LogP contribution in [0.3, 0.4) is 0 Å². The number of benzene rings is 1. The zero-order valence-electron chi connectivity index (χ0n) is 21.8. The zero-order chi connectivity index (χ0) is 27.0. The van der Waals surface area contributed by atoms with Gasteiger partial charge in [-0.3, -0.25) is 0 Å². The van der Waals surface area contributed by atoms with Gasteiger partial charge in [-0.15, -0.1) is 0 Å². The predicted molar refractivity (Wildman–Crippen MR) is 144 cm³/mol. The highest BCUT2D eigenvalue weighted by atomic mass is 16.6. The van der Waals surface area contributed by atoms with E-state index in [9.17, 15) is 5.11 Å². The van der Waals surface area contributed by atoms with E-state index in [0.717, 1.165) is 16.6 Å². The van der Waals surface area contributed by atoms with Crippen LogP contribution in [0.5, 0.6) is 5.88 Å². The Hall–Kier alpha value is -4.40. The number of fused-ring (bicyclic) bond motifs is 2. The molecule has 38 heavy (non-hydrogen) atoms. The third-order valence-corrected chi connectivity index (χ3v) is 6.15. The number of nitrogen functional groups attached to an aromatic ring is 1. The normalized spacial score (nSPS) is 12.6. The Morgan fingerprint density at radius 3 is 2.68 bits per heavy atom. The summed E-state index contributed by atoms with van der Waals surface area (Å²) in [7, 11) is 2.02. The summed E-state index contributed by atoms with van der Waals surface area (Å²) in [5.74, 6) is 6.70. The second-order valence-corrected chi connectivity index (χ2v) is 9.72. The monoisotopic (exact) mass is 514 g/mol. The Balaban J connectivity index is 1.48. The molecular formula is C27H30N8O3. The molecule has 11 nitrogen and oxygen atoms in total. The van der Waals surface area contributed by atoms with Gasteiger partial charge in [0, 0.05) is 42.8 Å². The van der Waals surface area contributed by atoms with Crippen molar-refractivity contribution in [1.29, 1.82) is 0 Å². The SMILES string of the molecule is CCn1c(-c2nonc2N)nc2c(C#CC(C)(C)O)nc(OC[C@@H](N)Cc3cn(C)c4ccccc34)cc21. The van der Waals surface area contributed by atoms with Crippen LogP contribution >= 0.6 is 0 Å². The number of aliphatic hydroxyl groups is 1. The summed E-state index contributed by atoms with van der Waals surface area (Å²) < 4.78 is 14.9. The number of nitrogens with two attached hydrogens (primary N) is 2. The minimum absolute atomic E-state index is 0.128. The van der Waals surface area contributed by atoms with Crippen molar-refractivity contribution in [3.8, 4) is 29.2 Å². The maximum absolute atomic E-state index is 10.2. The number of anilines is 1. The van der Waals surface area contributed by atoms with Crippen molar-refractivity contribution in [2.75, 3.05) is 12.3 Å². The smallest absolute Gasteiger partial charge is 0.216 e. The zero-order valence-corrected chi connectivity index (χ0v) is 21.8. The van der Waals surface area contributed by atoms with Crippen molar-refractivity contribution in [2.24, 2.45) is 12.8 Å². The Labute approximate surface area is 219 Å². The van der Waals surface area contributed by atoms with E-state index in [4.69, 9.17) is 25.8 Å². The first-order valence-corrected chi connectivity index (χ1v) is 12.3. The second-order valence-electron chi connectivity index (χ2n) is 9.72. The molecule has 0 fully saturated rings. The summed E-state index contributed by atoms with van der Waals surface area (Å²) in [6.07, 6.45) is 2.75. The van der Waals surface area contributed by atoms with Crippen LogP contribution in [-0.2, 0) is 20.0 Å². The number of ether oxygens (including phenoxy) is 1. The summed E-state index contributed by atoms with van der Waals surface area (Å²) in [6.45, 7) is 5.97. The number of rotatable bonds is 7. The van der Waals surface area contributed by atoms with E-state index < -0.39 is 5.60 Å². The Kier molecular flexibility index (Phi) is 6.52. The van der Waals surface area contributed by atoms with Crippen molar-refractivity contribution >= 4 is 27.8 Å². The maximum Gasteiger partial charge on any atom is 0.216 e. The molecule has 0 aliphatic rings.